The number of hydrogen-bond donors (Lipinski definition) is 0. The van der Waals surface area contributed by atoms with Gasteiger partial charge in [-0.25, -0.2) is 0 Å². The number of allylic oxidation sites excluding steroid dienone is 1. The van der Waals surface area contributed by atoms with Crippen LogP contribution in [-0.4, -0.2) is 9.13 Å². The van der Waals surface area contributed by atoms with E-state index in [-0.39, 0.29) is 0 Å². The molecule has 0 spiro atoms. The van der Waals surface area contributed by atoms with Crippen molar-refractivity contribution in [1.82, 2.24) is 9.13 Å². The molecule has 0 atom stereocenters. The molecular weight excluding hydrogens is 761 g/mol. The zero-order valence-electron chi connectivity index (χ0n) is 34.9. The second kappa shape index (κ2) is 16.3. The molecule has 2 aromatic heterocycles. The third-order valence-corrected chi connectivity index (χ3v) is 12.3. The van der Waals surface area contributed by atoms with Gasteiger partial charge in [0.25, 0.3) is 0 Å². The van der Waals surface area contributed by atoms with Crippen LogP contribution in [0.5, 0.6) is 0 Å². The molecule has 0 amide bonds. The smallest absolute Gasteiger partial charge is 0.0541 e. The summed E-state index contributed by atoms with van der Waals surface area (Å²) in [6, 6.07) is 81.1. The third kappa shape index (κ3) is 7.08. The van der Waals surface area contributed by atoms with Crippen LogP contribution in [-0.2, 0) is 6.42 Å². The number of rotatable bonds is 10. The van der Waals surface area contributed by atoms with Gasteiger partial charge in [0.2, 0.25) is 0 Å². The van der Waals surface area contributed by atoms with Crippen molar-refractivity contribution in [1.29, 1.82) is 0 Å². The molecule has 11 aromatic rings. The van der Waals surface area contributed by atoms with Gasteiger partial charge in [-0.3, -0.25) is 0 Å². The fourth-order valence-electron chi connectivity index (χ4n) is 9.30. The van der Waals surface area contributed by atoms with E-state index in [9.17, 15) is 0 Å². The van der Waals surface area contributed by atoms with E-state index in [0.717, 1.165) is 34.6 Å². The molecule has 63 heavy (non-hydrogen) atoms. The van der Waals surface area contributed by atoms with Gasteiger partial charge in [0.05, 0.1) is 22.2 Å². The van der Waals surface area contributed by atoms with Crippen molar-refractivity contribution < 1.29 is 0 Å². The first-order valence-electron chi connectivity index (χ1n) is 21.7. The molecule has 2 nitrogen and oxygen atoms in total. The third-order valence-electron chi connectivity index (χ3n) is 12.3. The van der Waals surface area contributed by atoms with Gasteiger partial charge in [0.1, 0.15) is 0 Å². The van der Waals surface area contributed by atoms with E-state index < -0.39 is 0 Å². The van der Waals surface area contributed by atoms with Gasteiger partial charge in [-0.1, -0.05) is 183 Å². The Hall–Kier alpha value is -8.20. The predicted molar refractivity (Wildman–Crippen MR) is 269 cm³/mol. The van der Waals surface area contributed by atoms with Crippen LogP contribution in [0.25, 0.3) is 101 Å². The van der Waals surface area contributed by atoms with Crippen molar-refractivity contribution in [3.8, 4) is 55.9 Å². The largest absolute Gasteiger partial charge is 0.309 e. The van der Waals surface area contributed by atoms with Crippen LogP contribution in [0, 0.1) is 0 Å². The molecule has 0 unspecified atom stereocenters. The number of nitrogens with zero attached hydrogens (tertiary/aromatic N) is 2. The zero-order chi connectivity index (χ0) is 42.1. The van der Waals surface area contributed by atoms with Crippen molar-refractivity contribution in [2.45, 2.75) is 6.42 Å². The normalized spacial score (nSPS) is 11.6. The van der Waals surface area contributed by atoms with Crippen molar-refractivity contribution in [3.63, 3.8) is 0 Å². The first-order chi connectivity index (χ1) is 31.2. The predicted octanol–water partition coefficient (Wildman–Crippen LogP) is 16.3. The summed E-state index contributed by atoms with van der Waals surface area (Å²) in [5.41, 5.74) is 18.9. The highest BCUT2D eigenvalue weighted by atomic mass is 15.0. The van der Waals surface area contributed by atoms with E-state index in [2.05, 4.69) is 252 Å². The summed E-state index contributed by atoms with van der Waals surface area (Å²) in [5, 5.41) is 3.66. The molecule has 0 fully saturated rings. The highest BCUT2D eigenvalue weighted by Crippen LogP contribution is 2.38. The lowest BCUT2D eigenvalue weighted by Gasteiger charge is -2.12. The van der Waals surface area contributed by atoms with Crippen molar-refractivity contribution in [2.24, 2.45) is 0 Å². The average molecular weight is 805 g/mol. The minimum absolute atomic E-state index is 0.766. The first kappa shape index (κ1) is 37.8. The Labute approximate surface area is 368 Å². The summed E-state index contributed by atoms with van der Waals surface area (Å²) in [7, 11) is 0. The van der Waals surface area contributed by atoms with Gasteiger partial charge in [-0.15, -0.1) is 0 Å². The van der Waals surface area contributed by atoms with Crippen LogP contribution in [0.3, 0.4) is 0 Å². The molecule has 11 rings (SSSR count). The first-order valence-corrected chi connectivity index (χ1v) is 21.7. The fraction of sp³-hybridized carbons (Fsp3) is 0.0164. The maximum absolute atomic E-state index is 4.37. The topological polar surface area (TPSA) is 9.86 Å². The van der Waals surface area contributed by atoms with E-state index in [4.69, 9.17) is 0 Å². The van der Waals surface area contributed by atoms with Crippen LogP contribution in [0.4, 0.5) is 0 Å². The van der Waals surface area contributed by atoms with Crippen LogP contribution >= 0.6 is 0 Å². The lowest BCUT2D eigenvalue weighted by molar-refractivity contribution is 1.10. The highest BCUT2D eigenvalue weighted by Gasteiger charge is 2.18. The minimum Gasteiger partial charge on any atom is -0.309 e. The summed E-state index contributed by atoms with van der Waals surface area (Å²) < 4.78 is 4.82. The lowest BCUT2D eigenvalue weighted by atomic mass is 10.0. The molecule has 0 saturated carbocycles. The van der Waals surface area contributed by atoms with Gasteiger partial charge in [-0.2, -0.15) is 0 Å². The van der Waals surface area contributed by atoms with Gasteiger partial charge in [0, 0.05) is 33.1 Å². The molecule has 0 saturated heterocycles. The van der Waals surface area contributed by atoms with E-state index in [1.807, 2.05) is 6.08 Å². The zero-order valence-corrected chi connectivity index (χ0v) is 34.9. The molecule has 0 aliphatic heterocycles. The Kier molecular flexibility index (Phi) is 9.80. The second-order valence-corrected chi connectivity index (χ2v) is 16.2. The SMILES string of the molecule is C=Cc1c(/C=C\Cc2ccc3c(c2)c2cc(-c4ccccc4)ccc2n3-c2cccc(-c3ccccc3)c2)n(-c2cccc(-c3ccccc3)c2)c2ccc(-c3ccccc3)cc12. The molecule has 0 aliphatic carbocycles. The second-order valence-electron chi connectivity index (χ2n) is 16.2. The van der Waals surface area contributed by atoms with Crippen molar-refractivity contribution in [2.75, 3.05) is 0 Å². The molecule has 9 aromatic carbocycles. The highest BCUT2D eigenvalue weighted by molar-refractivity contribution is 6.11. The Balaban J connectivity index is 1.03. The van der Waals surface area contributed by atoms with Crippen LogP contribution in [0.1, 0.15) is 16.8 Å². The van der Waals surface area contributed by atoms with Gasteiger partial charge < -0.3 is 9.13 Å². The number of fused-ring (bicyclic) bond motifs is 4. The van der Waals surface area contributed by atoms with Crippen molar-refractivity contribution >= 4 is 44.9 Å². The fourth-order valence-corrected chi connectivity index (χ4v) is 9.30. The molecule has 0 bridgehead atoms. The quantitative estimate of drug-likeness (QED) is 0.130. The number of benzene rings is 9. The molecule has 0 aliphatic rings. The van der Waals surface area contributed by atoms with Gasteiger partial charge >= 0.3 is 0 Å². The molecule has 298 valence electrons. The van der Waals surface area contributed by atoms with Crippen LogP contribution < -0.4 is 0 Å². The Morgan fingerprint density at radius 2 is 0.762 bits per heavy atom. The summed E-state index contributed by atoms with van der Waals surface area (Å²) in [6.45, 7) is 4.37. The molecule has 0 N–H and O–H groups in total. The standard InChI is InChI=1S/C61H44N2/c1-2-54-56-41-50(46-23-11-5-12-24-46)33-36-60(56)62(52-29-16-27-48(39-52)44-19-7-3-8-20-44)58(54)31-15-18-43-32-35-59-55(38-43)57-42-51(47-25-13-6-14-26-47)34-37-61(57)63(59)53-30-17-28-49(40-53)45-21-9-4-10-22-45/h2-17,19-42H,1,18H2/b31-15-. The van der Waals surface area contributed by atoms with Crippen LogP contribution in [0.15, 0.2) is 237 Å². The van der Waals surface area contributed by atoms with E-state index in [0.29, 0.717) is 0 Å². The summed E-state index contributed by atoms with van der Waals surface area (Å²) >= 11 is 0. The summed E-state index contributed by atoms with van der Waals surface area (Å²) in [4.78, 5) is 0. The summed E-state index contributed by atoms with van der Waals surface area (Å²) in [6.07, 6.45) is 7.40. The Bertz CT molecular complexity index is 3460. The monoisotopic (exact) mass is 804 g/mol. The number of hydrogen-bond acceptors (Lipinski definition) is 0. The van der Waals surface area contributed by atoms with E-state index in [1.54, 1.807) is 0 Å². The molecule has 2 heteroatoms. The Morgan fingerprint density at radius 3 is 1.27 bits per heavy atom. The minimum atomic E-state index is 0.766. The van der Waals surface area contributed by atoms with Gasteiger partial charge in [0.15, 0.2) is 0 Å². The van der Waals surface area contributed by atoms with Crippen LogP contribution in [0.2, 0.25) is 0 Å². The number of aromatic nitrogens is 2. The maximum atomic E-state index is 4.37. The van der Waals surface area contributed by atoms with Gasteiger partial charge in [-0.05, 0) is 123 Å². The van der Waals surface area contributed by atoms with E-state index >= 15 is 0 Å². The lowest BCUT2D eigenvalue weighted by Crippen LogP contribution is -1.98. The average Bonchev–Trinajstić information content (AvgIpc) is 3.86. The maximum Gasteiger partial charge on any atom is 0.0541 e. The Morgan fingerprint density at radius 1 is 0.349 bits per heavy atom. The summed E-state index contributed by atoms with van der Waals surface area (Å²) in [5.74, 6) is 0. The van der Waals surface area contributed by atoms with Crippen molar-refractivity contribution in [3.05, 3.63) is 254 Å². The molecule has 2 heterocycles. The molecular formula is C61H44N2. The van der Waals surface area contributed by atoms with E-state index in [1.165, 1.54) is 77.3 Å². The molecule has 0 radical (unpaired) electrons.